The van der Waals surface area contributed by atoms with Crippen LogP contribution >= 0.6 is 0 Å². The van der Waals surface area contributed by atoms with Crippen molar-refractivity contribution in [2.24, 2.45) is 5.92 Å². The molecule has 0 radical (unpaired) electrons. The highest BCUT2D eigenvalue weighted by Crippen LogP contribution is 2.24. The summed E-state index contributed by atoms with van der Waals surface area (Å²) in [6.07, 6.45) is 2.39. The van der Waals surface area contributed by atoms with Gasteiger partial charge in [-0.25, -0.2) is 4.98 Å². The van der Waals surface area contributed by atoms with E-state index >= 15 is 0 Å². The number of imidazole rings is 1. The summed E-state index contributed by atoms with van der Waals surface area (Å²) in [6.45, 7) is 4.57. The number of nitrogens with one attached hydrogen (secondary N) is 1. The molecule has 1 aliphatic heterocycles. The predicted octanol–water partition coefficient (Wildman–Crippen LogP) is 0.643. The summed E-state index contributed by atoms with van der Waals surface area (Å²) in [5.41, 5.74) is 2.17. The van der Waals surface area contributed by atoms with Crippen LogP contribution in [0.5, 0.6) is 0 Å². The molecular formula is C14H24N4O2. The van der Waals surface area contributed by atoms with Crippen molar-refractivity contribution in [3.63, 3.8) is 0 Å². The molecule has 1 amide bonds. The average Bonchev–Trinajstić information content (AvgIpc) is 2.97. The van der Waals surface area contributed by atoms with E-state index < -0.39 is 0 Å². The first-order valence-electron chi connectivity index (χ1n) is 6.95. The molecule has 112 valence electrons. The fourth-order valence-corrected chi connectivity index (χ4v) is 2.68. The van der Waals surface area contributed by atoms with Crippen LogP contribution in [-0.2, 0) is 16.1 Å². The van der Waals surface area contributed by atoms with E-state index in [-0.39, 0.29) is 17.9 Å². The first kappa shape index (κ1) is 15.0. The third-order valence-electron chi connectivity index (χ3n) is 4.00. The van der Waals surface area contributed by atoms with Crippen LogP contribution < -0.4 is 0 Å². The molecule has 0 saturated carbocycles. The summed E-state index contributed by atoms with van der Waals surface area (Å²) in [7, 11) is 5.31. The zero-order valence-corrected chi connectivity index (χ0v) is 12.7. The summed E-state index contributed by atoms with van der Waals surface area (Å²) in [5.74, 6) is 0.420. The van der Waals surface area contributed by atoms with Crippen molar-refractivity contribution in [2.45, 2.75) is 26.0 Å². The molecule has 1 aliphatic rings. The molecule has 0 aliphatic carbocycles. The Hall–Kier alpha value is -1.40. The number of carbonyl (C=O) groups is 1. The highest BCUT2D eigenvalue weighted by molar-refractivity contribution is 5.75. The fourth-order valence-electron chi connectivity index (χ4n) is 2.68. The number of ether oxygens (including phenoxy) is 1. The van der Waals surface area contributed by atoms with Gasteiger partial charge in [0, 0.05) is 58.9 Å². The van der Waals surface area contributed by atoms with E-state index in [1.54, 1.807) is 32.4 Å². The van der Waals surface area contributed by atoms with Gasteiger partial charge in [-0.05, 0) is 6.92 Å². The maximum Gasteiger partial charge on any atom is 0.222 e. The highest BCUT2D eigenvalue weighted by atomic mass is 16.5. The standard InChI is InChI=1S/C14H24N4O2/c1-10-12(16-9-15-10)7-18-6-11(13(8-18)20-4)5-14(19)17(2)3/h9,11,13H,5-8H2,1-4H3,(H,15,16)/t11-,13-/m0/s1. The number of hydrogen-bond donors (Lipinski definition) is 1. The van der Waals surface area contributed by atoms with Crippen LogP contribution in [-0.4, -0.2) is 66.1 Å². The molecular weight excluding hydrogens is 256 g/mol. The van der Waals surface area contributed by atoms with Gasteiger partial charge in [-0.3, -0.25) is 9.69 Å². The summed E-state index contributed by atoms with van der Waals surface area (Å²) >= 11 is 0. The minimum Gasteiger partial charge on any atom is -0.380 e. The van der Waals surface area contributed by atoms with Crippen molar-refractivity contribution >= 4 is 5.91 Å². The van der Waals surface area contributed by atoms with E-state index in [0.717, 1.165) is 31.0 Å². The van der Waals surface area contributed by atoms with Crippen LogP contribution in [0.25, 0.3) is 0 Å². The Morgan fingerprint density at radius 3 is 2.85 bits per heavy atom. The first-order valence-corrected chi connectivity index (χ1v) is 6.95. The lowest BCUT2D eigenvalue weighted by molar-refractivity contribution is -0.130. The molecule has 2 atom stereocenters. The minimum atomic E-state index is 0.123. The van der Waals surface area contributed by atoms with Crippen LogP contribution in [0.4, 0.5) is 0 Å². The predicted molar refractivity (Wildman–Crippen MR) is 76.2 cm³/mol. The Morgan fingerprint density at radius 1 is 1.55 bits per heavy atom. The summed E-state index contributed by atoms with van der Waals surface area (Å²) in [5, 5.41) is 0. The van der Waals surface area contributed by atoms with E-state index in [1.807, 2.05) is 6.92 Å². The Labute approximate surface area is 120 Å². The van der Waals surface area contributed by atoms with Crippen molar-refractivity contribution in [2.75, 3.05) is 34.3 Å². The van der Waals surface area contributed by atoms with E-state index in [1.165, 1.54) is 0 Å². The molecule has 1 aromatic heterocycles. The lowest BCUT2D eigenvalue weighted by Gasteiger charge is -2.18. The SMILES string of the molecule is CO[C@H]1CN(Cc2nc[nH]c2C)C[C@@H]1CC(=O)N(C)C. The zero-order chi connectivity index (χ0) is 14.7. The molecule has 1 aromatic rings. The summed E-state index contributed by atoms with van der Waals surface area (Å²) < 4.78 is 5.54. The maximum atomic E-state index is 11.9. The number of likely N-dealkylation sites (tertiary alicyclic amines) is 1. The molecule has 6 heteroatoms. The van der Waals surface area contributed by atoms with Crippen molar-refractivity contribution < 1.29 is 9.53 Å². The highest BCUT2D eigenvalue weighted by Gasteiger charge is 2.34. The number of nitrogens with zero attached hydrogens (tertiary/aromatic N) is 3. The second kappa shape index (κ2) is 6.37. The molecule has 0 spiro atoms. The van der Waals surface area contributed by atoms with Gasteiger partial charge < -0.3 is 14.6 Å². The molecule has 1 N–H and O–H groups in total. The third-order valence-corrected chi connectivity index (χ3v) is 4.00. The average molecular weight is 280 g/mol. The molecule has 20 heavy (non-hydrogen) atoms. The van der Waals surface area contributed by atoms with E-state index in [9.17, 15) is 4.79 Å². The van der Waals surface area contributed by atoms with Gasteiger partial charge in [0.15, 0.2) is 0 Å². The van der Waals surface area contributed by atoms with Crippen molar-refractivity contribution in [3.8, 4) is 0 Å². The van der Waals surface area contributed by atoms with Crippen molar-refractivity contribution in [3.05, 3.63) is 17.7 Å². The van der Waals surface area contributed by atoms with Crippen molar-refractivity contribution in [1.29, 1.82) is 0 Å². The van der Waals surface area contributed by atoms with Crippen LogP contribution in [0, 0.1) is 12.8 Å². The van der Waals surface area contributed by atoms with Crippen molar-refractivity contribution in [1.82, 2.24) is 19.8 Å². The maximum absolute atomic E-state index is 11.9. The molecule has 6 nitrogen and oxygen atoms in total. The second-order valence-corrected chi connectivity index (χ2v) is 5.69. The normalized spacial score (nSPS) is 23.2. The fraction of sp³-hybridized carbons (Fsp3) is 0.714. The number of aromatic nitrogens is 2. The lowest BCUT2D eigenvalue weighted by atomic mass is 10.0. The molecule has 2 heterocycles. The molecule has 0 bridgehead atoms. The number of rotatable bonds is 5. The van der Waals surface area contributed by atoms with E-state index in [0.29, 0.717) is 6.42 Å². The topological polar surface area (TPSA) is 61.5 Å². The van der Waals surface area contributed by atoms with Gasteiger partial charge in [0.2, 0.25) is 5.91 Å². The molecule has 0 unspecified atom stereocenters. The van der Waals surface area contributed by atoms with Gasteiger partial charge >= 0.3 is 0 Å². The number of H-pyrrole nitrogens is 1. The number of aryl methyl sites for hydroxylation is 1. The zero-order valence-electron chi connectivity index (χ0n) is 12.7. The molecule has 1 fully saturated rings. The lowest BCUT2D eigenvalue weighted by Crippen LogP contribution is -2.29. The van der Waals surface area contributed by atoms with Gasteiger partial charge in [0.1, 0.15) is 0 Å². The van der Waals surface area contributed by atoms with Crippen LogP contribution in [0.15, 0.2) is 6.33 Å². The largest absolute Gasteiger partial charge is 0.380 e. The Balaban J connectivity index is 1.95. The molecule has 0 aromatic carbocycles. The summed E-state index contributed by atoms with van der Waals surface area (Å²) in [6, 6.07) is 0. The monoisotopic (exact) mass is 280 g/mol. The quantitative estimate of drug-likeness (QED) is 0.860. The van der Waals surface area contributed by atoms with E-state index in [4.69, 9.17) is 4.74 Å². The number of carbonyl (C=O) groups excluding carboxylic acids is 1. The van der Waals surface area contributed by atoms with Gasteiger partial charge in [-0.15, -0.1) is 0 Å². The second-order valence-electron chi connectivity index (χ2n) is 5.69. The smallest absolute Gasteiger partial charge is 0.222 e. The molecule has 1 saturated heterocycles. The first-order chi connectivity index (χ1) is 9.51. The Morgan fingerprint density at radius 2 is 2.30 bits per heavy atom. The van der Waals surface area contributed by atoms with E-state index in [2.05, 4.69) is 14.9 Å². The number of methoxy groups -OCH3 is 1. The van der Waals surface area contributed by atoms with Crippen LogP contribution in [0.1, 0.15) is 17.8 Å². The number of aromatic amines is 1. The van der Waals surface area contributed by atoms with Crippen LogP contribution in [0.2, 0.25) is 0 Å². The molecule has 2 rings (SSSR count). The minimum absolute atomic E-state index is 0.123. The number of amides is 1. The third kappa shape index (κ3) is 3.37. The van der Waals surface area contributed by atoms with Gasteiger partial charge in [0.05, 0.1) is 18.1 Å². The number of hydrogen-bond acceptors (Lipinski definition) is 4. The van der Waals surface area contributed by atoms with Crippen LogP contribution in [0.3, 0.4) is 0 Å². The summed E-state index contributed by atoms with van der Waals surface area (Å²) in [4.78, 5) is 23.3. The van der Waals surface area contributed by atoms with Gasteiger partial charge in [0.25, 0.3) is 0 Å². The van der Waals surface area contributed by atoms with Gasteiger partial charge in [-0.2, -0.15) is 0 Å². The Kier molecular flexibility index (Phi) is 4.77. The van der Waals surface area contributed by atoms with Gasteiger partial charge in [-0.1, -0.05) is 0 Å². The Bertz CT molecular complexity index is 458.